The Hall–Kier alpha value is 0.650. The molecule has 74 valence electrons. The predicted molar refractivity (Wildman–Crippen MR) is 46.2 cm³/mol. The number of rotatable bonds is 4. The molecule has 1 aliphatic heterocycles. The van der Waals surface area contributed by atoms with E-state index in [0.717, 1.165) is 11.1 Å². The summed E-state index contributed by atoms with van der Waals surface area (Å²) in [5, 5.41) is 0. The molecule has 1 unspecified atom stereocenters. The second-order valence-corrected chi connectivity index (χ2v) is 3.56. The monoisotopic (exact) mass is 285 g/mol. The summed E-state index contributed by atoms with van der Waals surface area (Å²) in [6, 6.07) is 0. The number of hydrogen-bond acceptors (Lipinski definition) is 1. The third-order valence-corrected chi connectivity index (χ3v) is 3.38. The van der Waals surface area contributed by atoms with Gasteiger partial charge in [0, 0.05) is 6.92 Å². The van der Waals surface area contributed by atoms with Crippen LogP contribution in [-0.4, -0.2) is 36.4 Å². The van der Waals surface area contributed by atoms with Crippen molar-refractivity contribution in [1.29, 1.82) is 0 Å². The van der Waals surface area contributed by atoms with E-state index < -0.39 is 0 Å². The molecule has 0 radical (unpaired) electrons. The first-order chi connectivity index (χ1) is 5.14. The van der Waals surface area contributed by atoms with Crippen molar-refractivity contribution in [3.05, 3.63) is 0 Å². The summed E-state index contributed by atoms with van der Waals surface area (Å²) in [4.78, 5) is 0. The Morgan fingerprint density at radius 3 is 1.58 bits per heavy atom. The van der Waals surface area contributed by atoms with Crippen molar-refractivity contribution in [1.82, 2.24) is 0 Å². The van der Waals surface area contributed by atoms with Gasteiger partial charge in [-0.15, -0.1) is 0 Å². The Kier molecular flexibility index (Phi) is 4.47. The normalized spacial score (nSPS) is 28.0. The molecule has 2 nitrogen and oxygen atoms in total. The highest BCUT2D eigenvalue weighted by Gasteiger charge is 2.56. The molecular weight excluding hydrogens is 265 g/mol. The quantitative estimate of drug-likeness (QED) is 0.352. The van der Waals surface area contributed by atoms with Gasteiger partial charge in [0.15, 0.2) is 0 Å². The minimum Gasteiger partial charge on any atom is -1.00 e. The largest absolute Gasteiger partial charge is 1.00 e. The average molecular weight is 285 g/mol. The SMILES string of the molecule is CC[N+](CC)(CC)C1(C)CO1.[I-]. The minimum absolute atomic E-state index is 0. The van der Waals surface area contributed by atoms with E-state index in [1.165, 1.54) is 19.6 Å². The van der Waals surface area contributed by atoms with Crippen LogP contribution >= 0.6 is 0 Å². The van der Waals surface area contributed by atoms with Crippen LogP contribution in [-0.2, 0) is 4.74 Å². The van der Waals surface area contributed by atoms with Gasteiger partial charge < -0.3 is 28.7 Å². The summed E-state index contributed by atoms with van der Waals surface area (Å²) in [5.41, 5.74) is 0.151. The first kappa shape index (κ1) is 12.7. The van der Waals surface area contributed by atoms with Crippen LogP contribution < -0.4 is 24.0 Å². The number of ether oxygens (including phenoxy) is 1. The highest BCUT2D eigenvalue weighted by atomic mass is 127. The number of hydrogen-bond donors (Lipinski definition) is 0. The van der Waals surface area contributed by atoms with Gasteiger partial charge in [0.1, 0.15) is 6.61 Å². The molecule has 1 saturated heterocycles. The summed E-state index contributed by atoms with van der Waals surface area (Å²) in [7, 11) is 0. The third kappa shape index (κ3) is 1.77. The zero-order valence-electron chi connectivity index (χ0n) is 8.56. The van der Waals surface area contributed by atoms with E-state index in [1.807, 2.05) is 0 Å². The van der Waals surface area contributed by atoms with Crippen LogP contribution in [0.25, 0.3) is 0 Å². The molecule has 1 fully saturated rings. The molecule has 0 aliphatic carbocycles. The Balaban J connectivity index is 0.00000121. The van der Waals surface area contributed by atoms with Gasteiger partial charge in [-0.3, -0.25) is 4.48 Å². The molecule has 0 spiro atoms. The molecular formula is C9H20INO. The maximum atomic E-state index is 5.51. The molecule has 0 amide bonds. The number of halogens is 1. The lowest BCUT2D eigenvalue weighted by Crippen LogP contribution is -3.00. The van der Waals surface area contributed by atoms with Crippen molar-refractivity contribution < 1.29 is 33.2 Å². The van der Waals surface area contributed by atoms with Gasteiger partial charge >= 0.3 is 0 Å². The van der Waals surface area contributed by atoms with Crippen molar-refractivity contribution in [2.24, 2.45) is 0 Å². The fourth-order valence-corrected chi connectivity index (χ4v) is 2.05. The van der Waals surface area contributed by atoms with Crippen molar-refractivity contribution in [3.63, 3.8) is 0 Å². The van der Waals surface area contributed by atoms with Crippen molar-refractivity contribution in [2.45, 2.75) is 33.4 Å². The first-order valence-electron chi connectivity index (χ1n) is 4.64. The lowest BCUT2D eigenvalue weighted by molar-refractivity contribution is -0.965. The first-order valence-corrected chi connectivity index (χ1v) is 4.64. The summed E-state index contributed by atoms with van der Waals surface area (Å²) >= 11 is 0. The molecule has 1 heterocycles. The van der Waals surface area contributed by atoms with Crippen LogP contribution in [0.2, 0.25) is 0 Å². The summed E-state index contributed by atoms with van der Waals surface area (Å²) in [6.07, 6.45) is 0. The summed E-state index contributed by atoms with van der Waals surface area (Å²) in [5.74, 6) is 0. The molecule has 3 heteroatoms. The Morgan fingerprint density at radius 2 is 1.50 bits per heavy atom. The van der Waals surface area contributed by atoms with Gasteiger partial charge in [-0.05, 0) is 20.8 Å². The lowest BCUT2D eigenvalue weighted by Gasteiger charge is -2.39. The average Bonchev–Trinajstić information content (AvgIpc) is 2.74. The minimum atomic E-state index is 0. The van der Waals surface area contributed by atoms with Gasteiger partial charge in [0.2, 0.25) is 5.72 Å². The number of likely N-dealkylation sites (N-methyl/N-ethyl adjacent to an activating group) is 1. The van der Waals surface area contributed by atoms with Crippen molar-refractivity contribution >= 4 is 0 Å². The maximum Gasteiger partial charge on any atom is 0.224 e. The Labute approximate surface area is 92.9 Å². The molecule has 0 aromatic rings. The van der Waals surface area contributed by atoms with Gasteiger partial charge in [-0.1, -0.05) is 0 Å². The van der Waals surface area contributed by atoms with Crippen LogP contribution in [0, 0.1) is 0 Å². The van der Waals surface area contributed by atoms with Crippen LogP contribution in [0.4, 0.5) is 0 Å². The Morgan fingerprint density at radius 1 is 1.17 bits per heavy atom. The zero-order chi connectivity index (χ0) is 8.54. The predicted octanol–water partition coefficient (Wildman–Crippen LogP) is -1.39. The summed E-state index contributed by atoms with van der Waals surface area (Å²) < 4.78 is 6.62. The highest BCUT2D eigenvalue weighted by Crippen LogP contribution is 2.37. The van der Waals surface area contributed by atoms with E-state index in [9.17, 15) is 0 Å². The molecule has 0 N–H and O–H groups in total. The molecule has 0 bridgehead atoms. The second-order valence-electron chi connectivity index (χ2n) is 3.56. The smallest absolute Gasteiger partial charge is 0.224 e. The Bertz CT molecular complexity index is 133. The van der Waals surface area contributed by atoms with Crippen LogP contribution in [0.5, 0.6) is 0 Å². The maximum absolute atomic E-state index is 5.51. The van der Waals surface area contributed by atoms with E-state index >= 15 is 0 Å². The molecule has 0 saturated carbocycles. The topological polar surface area (TPSA) is 12.5 Å². The molecule has 1 rings (SSSR count). The van der Waals surface area contributed by atoms with Crippen LogP contribution in [0.3, 0.4) is 0 Å². The van der Waals surface area contributed by atoms with E-state index in [2.05, 4.69) is 27.7 Å². The fraction of sp³-hybridized carbons (Fsp3) is 1.00. The second kappa shape index (κ2) is 4.24. The van der Waals surface area contributed by atoms with Gasteiger partial charge in [-0.25, -0.2) is 0 Å². The molecule has 1 atom stereocenters. The number of nitrogens with zero attached hydrogens (tertiary/aromatic N) is 1. The van der Waals surface area contributed by atoms with E-state index in [-0.39, 0.29) is 29.7 Å². The van der Waals surface area contributed by atoms with E-state index in [0.29, 0.717) is 0 Å². The molecule has 1 aliphatic rings. The van der Waals surface area contributed by atoms with Crippen molar-refractivity contribution in [3.8, 4) is 0 Å². The highest BCUT2D eigenvalue weighted by molar-refractivity contribution is 4.77. The van der Waals surface area contributed by atoms with Crippen LogP contribution in [0.1, 0.15) is 27.7 Å². The fourth-order valence-electron chi connectivity index (χ4n) is 2.05. The standard InChI is InChI=1S/C9H20NO.HI/c1-5-10(6-2,7-3)9(4)8-11-9;/h5-8H2,1-4H3;1H/q+1;/p-1. The van der Waals surface area contributed by atoms with Crippen LogP contribution in [0.15, 0.2) is 0 Å². The molecule has 12 heavy (non-hydrogen) atoms. The van der Waals surface area contributed by atoms with Crippen molar-refractivity contribution in [2.75, 3.05) is 26.2 Å². The van der Waals surface area contributed by atoms with Gasteiger partial charge in [0.25, 0.3) is 0 Å². The summed E-state index contributed by atoms with van der Waals surface area (Å²) in [6.45, 7) is 13.5. The lowest BCUT2D eigenvalue weighted by atomic mass is 10.2. The van der Waals surface area contributed by atoms with E-state index in [4.69, 9.17) is 4.74 Å². The third-order valence-electron chi connectivity index (χ3n) is 3.38. The van der Waals surface area contributed by atoms with Gasteiger partial charge in [0.05, 0.1) is 19.6 Å². The molecule has 0 aromatic heterocycles. The van der Waals surface area contributed by atoms with Gasteiger partial charge in [-0.2, -0.15) is 0 Å². The number of quaternary nitrogens is 1. The van der Waals surface area contributed by atoms with E-state index in [1.54, 1.807) is 0 Å². The number of epoxide rings is 1. The zero-order valence-corrected chi connectivity index (χ0v) is 10.7. The molecule has 0 aromatic carbocycles.